The molecule has 0 bridgehead atoms. The molecule has 0 unspecified atom stereocenters. The number of nitrogen functional groups attached to an aromatic ring is 1. The van der Waals surface area contributed by atoms with Crippen molar-refractivity contribution in [1.82, 2.24) is 19.7 Å². The van der Waals surface area contributed by atoms with Crippen LogP contribution in [-0.4, -0.2) is 26.9 Å². The maximum atomic E-state index is 5.90. The van der Waals surface area contributed by atoms with Crippen molar-refractivity contribution in [3.63, 3.8) is 0 Å². The van der Waals surface area contributed by atoms with Crippen LogP contribution in [0.2, 0.25) is 0 Å². The van der Waals surface area contributed by atoms with Crippen LogP contribution in [0.3, 0.4) is 0 Å². The zero-order valence-corrected chi connectivity index (χ0v) is 10.6. The molecule has 2 aromatic rings. The lowest BCUT2D eigenvalue weighted by atomic mass is 10.3. The minimum absolute atomic E-state index is 0.356. The average molecular weight is 248 g/mol. The summed E-state index contributed by atoms with van der Waals surface area (Å²) in [5, 5.41) is 7.48. The standard InChI is InChI=1S/C11H16N6O/c1-4-7-8(5-17(2)16-7)15-10-9(12)11(18-3)14-6-13-10/h5-6H,4,12H2,1-3H3,(H,13,14,15). The summed E-state index contributed by atoms with van der Waals surface area (Å²) in [5.41, 5.74) is 8.12. The van der Waals surface area contributed by atoms with Crippen molar-refractivity contribution in [1.29, 1.82) is 0 Å². The predicted octanol–water partition coefficient (Wildman–Crippen LogP) is 1.11. The summed E-state index contributed by atoms with van der Waals surface area (Å²) in [4.78, 5) is 8.03. The average Bonchev–Trinajstić information content (AvgIpc) is 2.72. The van der Waals surface area contributed by atoms with Crippen LogP contribution < -0.4 is 15.8 Å². The van der Waals surface area contributed by atoms with Gasteiger partial charge in [-0.2, -0.15) is 10.1 Å². The van der Waals surface area contributed by atoms with Crippen LogP contribution in [-0.2, 0) is 13.5 Å². The van der Waals surface area contributed by atoms with Crippen molar-refractivity contribution < 1.29 is 4.74 Å². The summed E-state index contributed by atoms with van der Waals surface area (Å²) < 4.78 is 6.79. The lowest BCUT2D eigenvalue weighted by molar-refractivity contribution is 0.399. The molecular weight excluding hydrogens is 232 g/mol. The lowest BCUT2D eigenvalue weighted by Gasteiger charge is -2.09. The molecule has 0 aliphatic heterocycles. The Morgan fingerprint density at radius 1 is 1.44 bits per heavy atom. The van der Waals surface area contributed by atoms with Gasteiger partial charge in [0.25, 0.3) is 0 Å². The van der Waals surface area contributed by atoms with Gasteiger partial charge in [0, 0.05) is 13.2 Å². The fourth-order valence-electron chi connectivity index (χ4n) is 1.67. The van der Waals surface area contributed by atoms with E-state index in [1.54, 1.807) is 4.68 Å². The molecule has 2 rings (SSSR count). The Balaban J connectivity index is 2.33. The first-order chi connectivity index (χ1) is 8.65. The van der Waals surface area contributed by atoms with E-state index >= 15 is 0 Å². The zero-order chi connectivity index (χ0) is 13.1. The van der Waals surface area contributed by atoms with E-state index in [1.165, 1.54) is 13.4 Å². The maximum Gasteiger partial charge on any atom is 0.242 e. The van der Waals surface area contributed by atoms with Crippen LogP contribution in [0.1, 0.15) is 12.6 Å². The fourth-order valence-corrected chi connectivity index (χ4v) is 1.67. The molecule has 0 atom stereocenters. The third kappa shape index (κ3) is 2.20. The first kappa shape index (κ1) is 12.2. The Labute approximate surface area is 105 Å². The Hall–Kier alpha value is -2.31. The molecule has 0 amide bonds. The molecule has 0 saturated carbocycles. The molecule has 3 N–H and O–H groups in total. The monoisotopic (exact) mass is 248 g/mol. The number of aromatic nitrogens is 4. The highest BCUT2D eigenvalue weighted by molar-refractivity contribution is 5.72. The van der Waals surface area contributed by atoms with Gasteiger partial charge in [0.15, 0.2) is 5.82 Å². The van der Waals surface area contributed by atoms with E-state index in [-0.39, 0.29) is 0 Å². The third-order valence-corrected chi connectivity index (χ3v) is 2.53. The summed E-state index contributed by atoms with van der Waals surface area (Å²) >= 11 is 0. The molecule has 0 fully saturated rings. The SMILES string of the molecule is CCc1nn(C)cc1Nc1ncnc(OC)c1N. The Morgan fingerprint density at radius 3 is 2.89 bits per heavy atom. The number of anilines is 3. The van der Waals surface area contributed by atoms with Crippen molar-refractivity contribution in [3.05, 3.63) is 18.2 Å². The number of hydrogen-bond acceptors (Lipinski definition) is 6. The highest BCUT2D eigenvalue weighted by atomic mass is 16.5. The molecule has 0 aliphatic carbocycles. The number of methoxy groups -OCH3 is 1. The number of nitrogens with zero attached hydrogens (tertiary/aromatic N) is 4. The molecule has 0 saturated heterocycles. The van der Waals surface area contributed by atoms with Crippen molar-refractivity contribution in [2.75, 3.05) is 18.2 Å². The van der Waals surface area contributed by atoms with Crippen LogP contribution >= 0.6 is 0 Å². The first-order valence-corrected chi connectivity index (χ1v) is 5.59. The summed E-state index contributed by atoms with van der Waals surface area (Å²) in [6, 6.07) is 0. The van der Waals surface area contributed by atoms with Crippen molar-refractivity contribution in [3.8, 4) is 5.88 Å². The normalized spacial score (nSPS) is 10.4. The van der Waals surface area contributed by atoms with Crippen LogP contribution in [0.5, 0.6) is 5.88 Å². The van der Waals surface area contributed by atoms with Crippen molar-refractivity contribution in [2.24, 2.45) is 7.05 Å². The van der Waals surface area contributed by atoms with Gasteiger partial charge in [-0.05, 0) is 6.42 Å². The molecule has 0 aromatic carbocycles. The largest absolute Gasteiger partial charge is 0.479 e. The van der Waals surface area contributed by atoms with Gasteiger partial charge in [0.1, 0.15) is 12.0 Å². The summed E-state index contributed by atoms with van der Waals surface area (Å²) in [6.07, 6.45) is 4.11. The second-order valence-corrected chi connectivity index (χ2v) is 3.79. The van der Waals surface area contributed by atoms with Gasteiger partial charge in [0.2, 0.25) is 5.88 Å². The number of ether oxygens (including phenoxy) is 1. The second-order valence-electron chi connectivity index (χ2n) is 3.79. The molecule has 0 radical (unpaired) electrons. The van der Waals surface area contributed by atoms with Gasteiger partial charge >= 0.3 is 0 Å². The maximum absolute atomic E-state index is 5.90. The molecule has 0 spiro atoms. The van der Waals surface area contributed by atoms with Gasteiger partial charge in [-0.25, -0.2) is 4.98 Å². The highest BCUT2D eigenvalue weighted by Gasteiger charge is 2.11. The topological polar surface area (TPSA) is 90.9 Å². The Morgan fingerprint density at radius 2 is 2.22 bits per heavy atom. The molecule has 7 heteroatoms. The molecular formula is C11H16N6O. The number of hydrogen-bond donors (Lipinski definition) is 2. The van der Waals surface area contributed by atoms with E-state index in [0.717, 1.165) is 17.8 Å². The van der Waals surface area contributed by atoms with E-state index in [0.29, 0.717) is 17.4 Å². The summed E-state index contributed by atoms with van der Waals surface area (Å²) in [6.45, 7) is 2.04. The van der Waals surface area contributed by atoms with E-state index < -0.39 is 0 Å². The van der Waals surface area contributed by atoms with Crippen molar-refractivity contribution >= 4 is 17.2 Å². The zero-order valence-electron chi connectivity index (χ0n) is 10.6. The van der Waals surface area contributed by atoms with E-state index in [9.17, 15) is 0 Å². The van der Waals surface area contributed by atoms with E-state index in [4.69, 9.17) is 10.5 Å². The van der Waals surface area contributed by atoms with Crippen LogP contribution in [0, 0.1) is 0 Å². The number of rotatable bonds is 4. The lowest BCUT2D eigenvalue weighted by Crippen LogP contribution is -2.03. The molecule has 96 valence electrons. The molecule has 2 heterocycles. The van der Waals surface area contributed by atoms with Crippen LogP contribution in [0.4, 0.5) is 17.2 Å². The second kappa shape index (κ2) is 4.91. The van der Waals surface area contributed by atoms with Gasteiger partial charge in [-0.3, -0.25) is 4.68 Å². The van der Waals surface area contributed by atoms with E-state index in [2.05, 4.69) is 20.4 Å². The fraction of sp³-hybridized carbons (Fsp3) is 0.364. The summed E-state index contributed by atoms with van der Waals surface area (Å²) in [5.74, 6) is 0.874. The molecule has 0 aliphatic rings. The minimum Gasteiger partial charge on any atom is -0.479 e. The van der Waals surface area contributed by atoms with Gasteiger partial charge in [-0.15, -0.1) is 0 Å². The predicted molar refractivity (Wildman–Crippen MR) is 68.9 cm³/mol. The van der Waals surface area contributed by atoms with Gasteiger partial charge in [0.05, 0.1) is 18.5 Å². The quantitative estimate of drug-likeness (QED) is 0.842. The first-order valence-electron chi connectivity index (χ1n) is 5.59. The summed E-state index contributed by atoms with van der Waals surface area (Å²) in [7, 11) is 3.39. The van der Waals surface area contributed by atoms with E-state index in [1.807, 2.05) is 20.2 Å². The molecule has 7 nitrogen and oxygen atoms in total. The van der Waals surface area contributed by atoms with Crippen LogP contribution in [0.25, 0.3) is 0 Å². The van der Waals surface area contributed by atoms with Gasteiger partial charge < -0.3 is 15.8 Å². The molecule has 18 heavy (non-hydrogen) atoms. The molecule has 2 aromatic heterocycles. The van der Waals surface area contributed by atoms with Crippen LogP contribution in [0.15, 0.2) is 12.5 Å². The number of nitrogens with one attached hydrogen (secondary N) is 1. The third-order valence-electron chi connectivity index (χ3n) is 2.53. The van der Waals surface area contributed by atoms with Gasteiger partial charge in [-0.1, -0.05) is 6.92 Å². The number of nitrogens with two attached hydrogens (primary N) is 1. The minimum atomic E-state index is 0.356. The smallest absolute Gasteiger partial charge is 0.242 e. The number of aryl methyl sites for hydroxylation is 2. The highest BCUT2D eigenvalue weighted by Crippen LogP contribution is 2.28. The van der Waals surface area contributed by atoms with Crippen molar-refractivity contribution in [2.45, 2.75) is 13.3 Å². The Kier molecular flexibility index (Phi) is 3.31. The Bertz CT molecular complexity index is 550.